The molecule has 3 rings (SSSR count). The van der Waals surface area contributed by atoms with Crippen molar-refractivity contribution in [1.82, 2.24) is 9.88 Å². The van der Waals surface area contributed by atoms with Crippen LogP contribution in [0.3, 0.4) is 0 Å². The van der Waals surface area contributed by atoms with Gasteiger partial charge in [-0.05, 0) is 24.3 Å². The van der Waals surface area contributed by atoms with Gasteiger partial charge in [0.15, 0.2) is 0 Å². The number of carbonyl (C=O) groups is 1. The number of halogens is 3. The maximum atomic E-state index is 12.3. The quantitative estimate of drug-likeness (QED) is 0.835. The lowest BCUT2D eigenvalue weighted by Gasteiger charge is -2.38. The molecule has 0 aliphatic carbocycles. The summed E-state index contributed by atoms with van der Waals surface area (Å²) in [5.74, 6) is 0.358. The monoisotopic (exact) mass is 356 g/mol. The van der Waals surface area contributed by atoms with Crippen LogP contribution in [0.25, 0.3) is 0 Å². The molecule has 0 radical (unpaired) electrons. The van der Waals surface area contributed by atoms with Crippen LogP contribution in [-0.4, -0.2) is 35.0 Å². The lowest BCUT2D eigenvalue weighted by atomic mass is 10.1. The summed E-state index contributed by atoms with van der Waals surface area (Å²) in [5, 5.41) is 1.40. The second-order valence-corrected chi connectivity index (χ2v) is 6.17. The Balaban J connectivity index is 1.58. The number of amides is 1. The first-order chi connectivity index (χ1) is 10.5. The Morgan fingerprint density at radius 1 is 1.14 bits per heavy atom. The highest BCUT2D eigenvalue weighted by atomic mass is 35.5. The van der Waals surface area contributed by atoms with Gasteiger partial charge in [-0.3, -0.25) is 4.79 Å². The van der Waals surface area contributed by atoms with E-state index >= 15 is 0 Å². The summed E-state index contributed by atoms with van der Waals surface area (Å²) in [6, 6.07) is 8.23. The van der Waals surface area contributed by atoms with E-state index < -0.39 is 0 Å². The Kier molecular flexibility index (Phi) is 4.43. The summed E-state index contributed by atoms with van der Waals surface area (Å²) in [6.45, 7) is 0.976. The average Bonchev–Trinajstić information content (AvgIpc) is 2.43. The van der Waals surface area contributed by atoms with Gasteiger partial charge in [-0.15, -0.1) is 0 Å². The molecule has 2 aromatic rings. The molecule has 1 aliphatic rings. The van der Waals surface area contributed by atoms with E-state index in [9.17, 15) is 4.79 Å². The van der Waals surface area contributed by atoms with E-state index in [1.54, 1.807) is 35.2 Å². The van der Waals surface area contributed by atoms with Gasteiger partial charge in [0, 0.05) is 17.3 Å². The van der Waals surface area contributed by atoms with E-state index in [0.717, 1.165) is 0 Å². The number of hydrogen-bond donors (Lipinski definition) is 0. The molecule has 0 saturated carbocycles. The summed E-state index contributed by atoms with van der Waals surface area (Å²) in [6.07, 6.45) is 1.44. The molecule has 1 aliphatic heterocycles. The Hall–Kier alpha value is -1.49. The predicted octanol–water partition coefficient (Wildman–Crippen LogP) is 3.95. The number of nitrogens with zero attached hydrogens (tertiary/aromatic N) is 2. The summed E-state index contributed by atoms with van der Waals surface area (Å²) in [5.41, 5.74) is 0.439. The molecule has 114 valence electrons. The highest BCUT2D eigenvalue weighted by Crippen LogP contribution is 2.25. The molecule has 0 unspecified atom stereocenters. The fourth-order valence-electron chi connectivity index (χ4n) is 2.11. The van der Waals surface area contributed by atoms with Crippen molar-refractivity contribution >= 4 is 40.7 Å². The molecule has 22 heavy (non-hydrogen) atoms. The van der Waals surface area contributed by atoms with Gasteiger partial charge in [0.2, 0.25) is 5.88 Å². The highest BCUT2D eigenvalue weighted by molar-refractivity contribution is 6.36. The molecule has 0 bridgehead atoms. The number of ether oxygens (including phenoxy) is 1. The molecule has 7 heteroatoms. The normalized spacial score (nSPS) is 14.6. The SMILES string of the molecule is O=C(c1ccc(Cl)cc1Cl)N1CC(Oc2ccc(Cl)cn2)C1. The van der Waals surface area contributed by atoms with Crippen LogP contribution in [0.4, 0.5) is 0 Å². The van der Waals surface area contributed by atoms with Crippen molar-refractivity contribution in [3.63, 3.8) is 0 Å². The number of aromatic nitrogens is 1. The summed E-state index contributed by atoms with van der Waals surface area (Å²) < 4.78 is 5.65. The van der Waals surface area contributed by atoms with Gasteiger partial charge in [-0.1, -0.05) is 34.8 Å². The standard InChI is InChI=1S/C15H11Cl3N2O2/c16-9-1-3-12(13(18)5-9)15(21)20-7-11(8-20)22-14-4-2-10(17)6-19-14/h1-6,11H,7-8H2. The van der Waals surface area contributed by atoms with Crippen molar-refractivity contribution in [3.05, 3.63) is 57.2 Å². The van der Waals surface area contributed by atoms with Crippen LogP contribution in [0.1, 0.15) is 10.4 Å². The van der Waals surface area contributed by atoms with Crippen LogP contribution in [-0.2, 0) is 0 Å². The van der Waals surface area contributed by atoms with E-state index in [0.29, 0.717) is 39.6 Å². The van der Waals surface area contributed by atoms with Crippen LogP contribution < -0.4 is 4.74 Å². The Labute approximate surface area is 142 Å². The van der Waals surface area contributed by atoms with Crippen LogP contribution in [0, 0.1) is 0 Å². The van der Waals surface area contributed by atoms with Crippen LogP contribution in [0.15, 0.2) is 36.5 Å². The zero-order valence-electron chi connectivity index (χ0n) is 11.3. The van der Waals surface area contributed by atoms with Crippen LogP contribution in [0.5, 0.6) is 5.88 Å². The van der Waals surface area contributed by atoms with Gasteiger partial charge >= 0.3 is 0 Å². The number of likely N-dealkylation sites (tertiary alicyclic amines) is 1. The molecule has 0 spiro atoms. The van der Waals surface area contributed by atoms with Gasteiger partial charge in [-0.25, -0.2) is 4.98 Å². The molecule has 1 aromatic carbocycles. The van der Waals surface area contributed by atoms with Gasteiger partial charge in [0.1, 0.15) is 6.10 Å². The van der Waals surface area contributed by atoms with E-state index in [2.05, 4.69) is 4.98 Å². The molecule has 1 fully saturated rings. The number of hydrogen-bond acceptors (Lipinski definition) is 3. The zero-order chi connectivity index (χ0) is 15.7. The first-order valence-corrected chi connectivity index (χ1v) is 7.69. The second-order valence-electron chi connectivity index (χ2n) is 4.89. The minimum Gasteiger partial charge on any atom is -0.471 e. The van der Waals surface area contributed by atoms with Crippen molar-refractivity contribution in [1.29, 1.82) is 0 Å². The zero-order valence-corrected chi connectivity index (χ0v) is 13.6. The van der Waals surface area contributed by atoms with Gasteiger partial charge in [-0.2, -0.15) is 0 Å². The molecule has 1 amide bonds. The smallest absolute Gasteiger partial charge is 0.255 e. The number of pyridine rings is 1. The van der Waals surface area contributed by atoms with Gasteiger partial charge in [0.25, 0.3) is 5.91 Å². The third-order valence-electron chi connectivity index (χ3n) is 3.28. The van der Waals surface area contributed by atoms with Crippen molar-refractivity contribution in [2.45, 2.75) is 6.10 Å². The third kappa shape index (κ3) is 3.29. The van der Waals surface area contributed by atoms with Crippen molar-refractivity contribution in [2.75, 3.05) is 13.1 Å². The Morgan fingerprint density at radius 3 is 2.50 bits per heavy atom. The fourth-order valence-corrected chi connectivity index (χ4v) is 2.72. The molecule has 2 heterocycles. The number of benzene rings is 1. The van der Waals surface area contributed by atoms with Crippen LogP contribution >= 0.6 is 34.8 Å². The predicted molar refractivity (Wildman–Crippen MR) is 86.0 cm³/mol. The molecule has 0 atom stereocenters. The van der Waals surface area contributed by atoms with Crippen molar-refractivity contribution in [3.8, 4) is 5.88 Å². The lowest BCUT2D eigenvalue weighted by molar-refractivity contribution is 0.0160. The van der Waals surface area contributed by atoms with Crippen molar-refractivity contribution < 1.29 is 9.53 Å². The van der Waals surface area contributed by atoms with Crippen LogP contribution in [0.2, 0.25) is 15.1 Å². The van der Waals surface area contributed by atoms with E-state index in [4.69, 9.17) is 39.5 Å². The second kappa shape index (κ2) is 6.32. The molecule has 1 saturated heterocycles. The highest BCUT2D eigenvalue weighted by Gasteiger charge is 2.33. The van der Waals surface area contributed by atoms with E-state index in [-0.39, 0.29) is 12.0 Å². The maximum absolute atomic E-state index is 12.3. The summed E-state index contributed by atoms with van der Waals surface area (Å²) in [7, 11) is 0. The van der Waals surface area contributed by atoms with Gasteiger partial charge < -0.3 is 9.64 Å². The van der Waals surface area contributed by atoms with E-state index in [1.165, 1.54) is 6.20 Å². The fraction of sp³-hybridized carbons (Fsp3) is 0.200. The summed E-state index contributed by atoms with van der Waals surface area (Å²) in [4.78, 5) is 18.0. The largest absolute Gasteiger partial charge is 0.471 e. The first kappa shape index (κ1) is 15.4. The topological polar surface area (TPSA) is 42.4 Å². The van der Waals surface area contributed by atoms with Gasteiger partial charge in [0.05, 0.1) is 28.7 Å². The third-order valence-corrected chi connectivity index (χ3v) is 4.06. The van der Waals surface area contributed by atoms with E-state index in [1.807, 2.05) is 0 Å². The molecule has 4 nitrogen and oxygen atoms in total. The first-order valence-electron chi connectivity index (χ1n) is 6.55. The summed E-state index contributed by atoms with van der Waals surface area (Å²) >= 11 is 17.6. The molecular weight excluding hydrogens is 347 g/mol. The van der Waals surface area contributed by atoms with Crippen molar-refractivity contribution in [2.24, 2.45) is 0 Å². The minimum absolute atomic E-state index is 0.0799. The number of carbonyl (C=O) groups excluding carboxylic acids is 1. The molecular formula is C15H11Cl3N2O2. The molecule has 0 N–H and O–H groups in total. The molecule has 1 aromatic heterocycles. The Morgan fingerprint density at radius 2 is 1.86 bits per heavy atom. The average molecular weight is 358 g/mol. The number of rotatable bonds is 3. The Bertz CT molecular complexity index is 700. The minimum atomic E-state index is -0.134. The maximum Gasteiger partial charge on any atom is 0.255 e. The lowest BCUT2D eigenvalue weighted by Crippen LogP contribution is -2.56.